The highest BCUT2D eigenvalue weighted by Gasteiger charge is 2.21. The van der Waals surface area contributed by atoms with E-state index in [1.165, 1.54) is 0 Å². The smallest absolute Gasteiger partial charge is 0.323 e. The summed E-state index contributed by atoms with van der Waals surface area (Å²) in [6.45, 7) is 3.81. The number of H-pyrrole nitrogens is 2. The fraction of sp³-hybridized carbons (Fsp3) is 0.300. The van der Waals surface area contributed by atoms with Gasteiger partial charge in [-0.2, -0.15) is 0 Å². The van der Waals surface area contributed by atoms with Gasteiger partial charge in [0.2, 0.25) is 5.91 Å². The number of anilines is 2. The van der Waals surface area contributed by atoms with E-state index in [-0.39, 0.29) is 17.5 Å². The van der Waals surface area contributed by atoms with E-state index in [1.807, 2.05) is 49.4 Å². The molecule has 26 heavy (non-hydrogen) atoms. The standard InChI is InChI=1S/C20H22N4O2/c1-13(14-7-3-2-4-8-14)19(25)21-17-11-15-16(23-20(26)22-15)12-18(17)24-9-5-6-10-24/h2-4,7-8,11-13H,5-6,9-10H2,1H3,(H,21,25)(H2,22,23,26)/t13-/m0/s1. The molecule has 4 rings (SSSR count). The molecule has 1 fully saturated rings. The molecule has 1 aliphatic heterocycles. The van der Waals surface area contributed by atoms with Crippen LogP contribution in [0.5, 0.6) is 0 Å². The van der Waals surface area contributed by atoms with Crippen LogP contribution >= 0.6 is 0 Å². The Morgan fingerprint density at radius 2 is 1.73 bits per heavy atom. The van der Waals surface area contributed by atoms with E-state index in [0.29, 0.717) is 5.52 Å². The highest BCUT2D eigenvalue weighted by Crippen LogP contribution is 2.33. The molecule has 0 unspecified atom stereocenters. The summed E-state index contributed by atoms with van der Waals surface area (Å²) < 4.78 is 0. The number of imidazole rings is 1. The summed E-state index contributed by atoms with van der Waals surface area (Å²) in [6, 6.07) is 13.5. The molecule has 0 spiro atoms. The molecule has 0 radical (unpaired) electrons. The maximum Gasteiger partial charge on any atom is 0.323 e. The number of carbonyl (C=O) groups is 1. The van der Waals surface area contributed by atoms with Crippen LogP contribution in [0.25, 0.3) is 11.0 Å². The Bertz CT molecular complexity index is 984. The zero-order valence-corrected chi connectivity index (χ0v) is 14.7. The fourth-order valence-electron chi connectivity index (χ4n) is 3.52. The van der Waals surface area contributed by atoms with E-state index < -0.39 is 0 Å². The van der Waals surface area contributed by atoms with Crippen molar-refractivity contribution in [1.82, 2.24) is 9.97 Å². The normalized spacial score (nSPS) is 15.3. The third-order valence-corrected chi connectivity index (χ3v) is 5.03. The summed E-state index contributed by atoms with van der Waals surface area (Å²) in [4.78, 5) is 32.3. The van der Waals surface area contributed by atoms with Crippen molar-refractivity contribution in [2.75, 3.05) is 23.3 Å². The highest BCUT2D eigenvalue weighted by molar-refractivity contribution is 6.01. The first kappa shape index (κ1) is 16.4. The molecule has 2 aromatic carbocycles. The zero-order chi connectivity index (χ0) is 18.1. The lowest BCUT2D eigenvalue weighted by atomic mass is 10.0. The number of hydrogen-bond acceptors (Lipinski definition) is 3. The van der Waals surface area contributed by atoms with Crippen molar-refractivity contribution in [2.24, 2.45) is 0 Å². The van der Waals surface area contributed by atoms with Crippen LogP contribution in [-0.2, 0) is 4.79 Å². The molecular formula is C20H22N4O2. The Balaban J connectivity index is 1.68. The van der Waals surface area contributed by atoms with Crippen LogP contribution in [0.2, 0.25) is 0 Å². The summed E-state index contributed by atoms with van der Waals surface area (Å²) in [6.07, 6.45) is 2.27. The molecule has 0 saturated carbocycles. The number of benzene rings is 2. The molecule has 1 amide bonds. The van der Waals surface area contributed by atoms with E-state index in [1.54, 1.807) is 0 Å². The minimum Gasteiger partial charge on any atom is -0.370 e. The predicted octanol–water partition coefficient (Wildman–Crippen LogP) is 3.20. The van der Waals surface area contributed by atoms with Crippen molar-refractivity contribution in [1.29, 1.82) is 0 Å². The summed E-state index contributed by atoms with van der Waals surface area (Å²) in [5.74, 6) is -0.322. The van der Waals surface area contributed by atoms with Crippen molar-refractivity contribution in [2.45, 2.75) is 25.7 Å². The minimum absolute atomic E-state index is 0.0612. The third kappa shape index (κ3) is 3.10. The van der Waals surface area contributed by atoms with Crippen molar-refractivity contribution in [3.63, 3.8) is 0 Å². The van der Waals surface area contributed by atoms with Crippen LogP contribution in [0.4, 0.5) is 11.4 Å². The first-order valence-corrected chi connectivity index (χ1v) is 8.98. The largest absolute Gasteiger partial charge is 0.370 e. The average molecular weight is 350 g/mol. The molecular weight excluding hydrogens is 328 g/mol. The van der Waals surface area contributed by atoms with Gasteiger partial charge in [0.15, 0.2) is 0 Å². The molecule has 1 aliphatic rings. The molecule has 2 heterocycles. The van der Waals surface area contributed by atoms with Crippen LogP contribution in [-0.4, -0.2) is 29.0 Å². The van der Waals surface area contributed by atoms with Crippen LogP contribution in [0.15, 0.2) is 47.3 Å². The summed E-state index contributed by atoms with van der Waals surface area (Å²) in [5, 5.41) is 3.07. The first-order chi connectivity index (χ1) is 12.6. The second-order valence-electron chi connectivity index (χ2n) is 6.81. The van der Waals surface area contributed by atoms with Gasteiger partial charge in [-0.3, -0.25) is 4.79 Å². The molecule has 3 N–H and O–H groups in total. The van der Waals surface area contributed by atoms with Gasteiger partial charge < -0.3 is 20.2 Å². The number of rotatable bonds is 4. The van der Waals surface area contributed by atoms with Crippen molar-refractivity contribution >= 4 is 28.3 Å². The zero-order valence-electron chi connectivity index (χ0n) is 14.7. The monoisotopic (exact) mass is 350 g/mol. The SMILES string of the molecule is C[C@H](C(=O)Nc1cc2[nH]c(=O)[nH]c2cc1N1CCCC1)c1ccccc1. The van der Waals surface area contributed by atoms with Gasteiger partial charge in [0.1, 0.15) is 0 Å². The number of carbonyl (C=O) groups excluding carboxylic acids is 1. The second kappa shape index (κ2) is 6.71. The van der Waals surface area contributed by atoms with Gasteiger partial charge in [-0.05, 0) is 37.5 Å². The molecule has 1 atom stereocenters. The predicted molar refractivity (Wildman–Crippen MR) is 104 cm³/mol. The number of aromatic nitrogens is 2. The molecule has 134 valence electrons. The van der Waals surface area contributed by atoms with Gasteiger partial charge in [0.05, 0.1) is 28.3 Å². The lowest BCUT2D eigenvalue weighted by molar-refractivity contribution is -0.117. The number of fused-ring (bicyclic) bond motifs is 1. The van der Waals surface area contributed by atoms with Crippen molar-refractivity contribution < 1.29 is 4.79 Å². The number of hydrogen-bond donors (Lipinski definition) is 3. The van der Waals surface area contributed by atoms with E-state index in [4.69, 9.17) is 0 Å². The summed E-state index contributed by atoms with van der Waals surface area (Å²) in [5.41, 5.74) is 3.88. The molecule has 3 aromatic rings. The van der Waals surface area contributed by atoms with Gasteiger partial charge in [0.25, 0.3) is 0 Å². The van der Waals surface area contributed by atoms with E-state index in [2.05, 4.69) is 20.2 Å². The molecule has 1 aromatic heterocycles. The van der Waals surface area contributed by atoms with Crippen LogP contribution < -0.4 is 15.9 Å². The summed E-state index contributed by atoms with van der Waals surface area (Å²) >= 11 is 0. The third-order valence-electron chi connectivity index (χ3n) is 5.03. The molecule has 0 bridgehead atoms. The lowest BCUT2D eigenvalue weighted by Crippen LogP contribution is -2.23. The Kier molecular flexibility index (Phi) is 4.24. The Morgan fingerprint density at radius 3 is 2.42 bits per heavy atom. The number of aromatic amines is 2. The van der Waals surface area contributed by atoms with E-state index in [9.17, 15) is 9.59 Å². The topological polar surface area (TPSA) is 81.0 Å². The number of amides is 1. The first-order valence-electron chi connectivity index (χ1n) is 8.98. The minimum atomic E-state index is -0.261. The Labute approximate surface area is 151 Å². The van der Waals surface area contributed by atoms with Gasteiger partial charge in [0, 0.05) is 13.1 Å². The lowest BCUT2D eigenvalue weighted by Gasteiger charge is -2.23. The van der Waals surface area contributed by atoms with Crippen LogP contribution in [0.1, 0.15) is 31.2 Å². The van der Waals surface area contributed by atoms with Crippen molar-refractivity contribution in [3.8, 4) is 0 Å². The van der Waals surface area contributed by atoms with Gasteiger partial charge in [-0.15, -0.1) is 0 Å². The maximum atomic E-state index is 12.8. The summed E-state index contributed by atoms with van der Waals surface area (Å²) in [7, 11) is 0. The Morgan fingerprint density at radius 1 is 1.08 bits per heavy atom. The fourth-order valence-corrected chi connectivity index (χ4v) is 3.52. The Hall–Kier alpha value is -3.02. The van der Waals surface area contributed by atoms with E-state index in [0.717, 1.165) is 48.4 Å². The second-order valence-corrected chi connectivity index (χ2v) is 6.81. The number of nitrogens with one attached hydrogen (secondary N) is 3. The average Bonchev–Trinajstić information content (AvgIpc) is 3.29. The highest BCUT2D eigenvalue weighted by atomic mass is 16.2. The number of nitrogens with zero attached hydrogens (tertiary/aromatic N) is 1. The molecule has 1 saturated heterocycles. The van der Waals surface area contributed by atoms with Crippen molar-refractivity contribution in [3.05, 3.63) is 58.5 Å². The van der Waals surface area contributed by atoms with Gasteiger partial charge in [-0.25, -0.2) is 4.79 Å². The molecule has 0 aliphatic carbocycles. The van der Waals surface area contributed by atoms with Gasteiger partial charge >= 0.3 is 5.69 Å². The van der Waals surface area contributed by atoms with Crippen LogP contribution in [0, 0.1) is 0 Å². The van der Waals surface area contributed by atoms with E-state index >= 15 is 0 Å². The molecule has 6 nitrogen and oxygen atoms in total. The van der Waals surface area contributed by atoms with Gasteiger partial charge in [-0.1, -0.05) is 30.3 Å². The molecule has 6 heteroatoms. The quantitative estimate of drug-likeness (QED) is 0.676. The maximum absolute atomic E-state index is 12.8. The van der Waals surface area contributed by atoms with Crippen LogP contribution in [0.3, 0.4) is 0 Å².